The zero-order valence-corrected chi connectivity index (χ0v) is 12.6. The third-order valence-corrected chi connectivity index (χ3v) is 4.06. The van der Waals surface area contributed by atoms with Gasteiger partial charge >= 0.3 is 5.69 Å². The summed E-state index contributed by atoms with van der Waals surface area (Å²) >= 11 is 0. The molecule has 4 atom stereocenters. The smallest absolute Gasteiger partial charge is 0.331 e. The van der Waals surface area contributed by atoms with Crippen molar-refractivity contribution in [3.63, 3.8) is 0 Å². The van der Waals surface area contributed by atoms with Crippen molar-refractivity contribution in [2.45, 2.75) is 31.1 Å². The molecular weight excluding hydrogens is 320 g/mol. The summed E-state index contributed by atoms with van der Waals surface area (Å²) in [7, 11) is 0. The number of nitrogens with one attached hydrogen (secondary N) is 1. The Hall–Kier alpha value is -2.40. The van der Waals surface area contributed by atoms with Crippen molar-refractivity contribution in [3.05, 3.63) is 39.6 Å². The number of hydrogen-bond acceptors (Lipinski definition) is 7. The molecule has 0 aromatic carbocycles. The van der Waals surface area contributed by atoms with E-state index in [0.29, 0.717) is 0 Å². The third-order valence-electron chi connectivity index (χ3n) is 4.06. The quantitative estimate of drug-likeness (QED) is 0.399. The number of rotatable bonds is 4. The lowest BCUT2D eigenvalue weighted by Gasteiger charge is -2.16. The number of allylic oxidation sites excluding steroid dienone is 1. The Balaban J connectivity index is 2.29. The Bertz CT molecular complexity index is 897. The van der Waals surface area contributed by atoms with Crippen LogP contribution in [0, 0.1) is 0 Å². The van der Waals surface area contributed by atoms with Gasteiger partial charge in [-0.15, -0.1) is 6.58 Å². The second-order valence-electron chi connectivity index (χ2n) is 5.57. The Morgan fingerprint density at radius 3 is 2.67 bits per heavy atom. The fourth-order valence-electron chi connectivity index (χ4n) is 2.97. The average Bonchev–Trinajstić information content (AvgIpc) is 2.96. The fraction of sp³-hybridized carbons (Fsp3) is 0.429. The lowest BCUT2D eigenvalue weighted by molar-refractivity contribution is -0.0525. The van der Waals surface area contributed by atoms with Crippen LogP contribution in [0.4, 0.5) is 5.82 Å². The van der Waals surface area contributed by atoms with Gasteiger partial charge in [-0.05, 0) is 0 Å². The molecule has 1 fully saturated rings. The van der Waals surface area contributed by atoms with Gasteiger partial charge in [-0.2, -0.15) is 0 Å². The molecule has 2 aromatic heterocycles. The molecule has 1 aliphatic rings. The first kappa shape index (κ1) is 16.5. The normalized spacial score (nSPS) is 27.0. The van der Waals surface area contributed by atoms with Gasteiger partial charge in [0, 0.05) is 12.6 Å². The number of hydrogen-bond donors (Lipinski definition) is 5. The zero-order valence-electron chi connectivity index (χ0n) is 12.6. The lowest BCUT2D eigenvalue weighted by Crippen LogP contribution is -2.35. The Kier molecular flexibility index (Phi) is 4.05. The molecule has 0 bridgehead atoms. The number of nitrogens with zero attached hydrogens (tertiary/aromatic N) is 2. The molecule has 0 amide bonds. The SMILES string of the molecule is C=CCn1c(=O)n([C@@H]2O[C@H](CO)C(O)[C@@H]2O)c2cc(N)[nH]c(=O)c21. The summed E-state index contributed by atoms with van der Waals surface area (Å²) in [5.41, 5.74) is 4.64. The van der Waals surface area contributed by atoms with Gasteiger partial charge in [0.2, 0.25) is 0 Å². The second kappa shape index (κ2) is 5.91. The molecule has 1 unspecified atom stereocenters. The number of anilines is 1. The number of nitrogen functional groups attached to an aromatic ring is 1. The molecule has 3 heterocycles. The average molecular weight is 338 g/mol. The minimum absolute atomic E-state index is 0.0312. The highest BCUT2D eigenvalue weighted by atomic mass is 16.6. The molecule has 0 radical (unpaired) electrons. The molecule has 2 aromatic rings. The number of aromatic nitrogens is 3. The van der Waals surface area contributed by atoms with E-state index in [2.05, 4.69) is 11.6 Å². The van der Waals surface area contributed by atoms with Gasteiger partial charge in [0.05, 0.1) is 12.1 Å². The van der Waals surface area contributed by atoms with Gasteiger partial charge in [-0.1, -0.05) is 6.08 Å². The third kappa shape index (κ3) is 2.27. The van der Waals surface area contributed by atoms with Crippen LogP contribution in [0.2, 0.25) is 0 Å². The van der Waals surface area contributed by atoms with Crippen molar-refractivity contribution in [1.29, 1.82) is 0 Å². The number of pyridine rings is 1. The molecule has 10 heteroatoms. The van der Waals surface area contributed by atoms with Crippen LogP contribution in [0.3, 0.4) is 0 Å². The molecule has 0 spiro atoms. The first-order valence-corrected chi connectivity index (χ1v) is 7.27. The Labute approximate surface area is 135 Å². The molecule has 24 heavy (non-hydrogen) atoms. The maximum atomic E-state index is 12.7. The number of aromatic amines is 1. The van der Waals surface area contributed by atoms with Crippen LogP contribution in [-0.4, -0.2) is 54.4 Å². The van der Waals surface area contributed by atoms with E-state index in [-0.39, 0.29) is 23.4 Å². The van der Waals surface area contributed by atoms with Gasteiger partial charge in [0.15, 0.2) is 6.23 Å². The van der Waals surface area contributed by atoms with Crippen LogP contribution in [0.15, 0.2) is 28.3 Å². The van der Waals surface area contributed by atoms with Crippen molar-refractivity contribution in [2.75, 3.05) is 12.3 Å². The van der Waals surface area contributed by atoms with Gasteiger partial charge in [0.25, 0.3) is 5.56 Å². The van der Waals surface area contributed by atoms with Gasteiger partial charge in [-0.25, -0.2) is 4.79 Å². The summed E-state index contributed by atoms with van der Waals surface area (Å²) in [6.45, 7) is 3.08. The van der Waals surface area contributed by atoms with E-state index >= 15 is 0 Å². The largest absolute Gasteiger partial charge is 0.394 e. The molecule has 0 aliphatic carbocycles. The van der Waals surface area contributed by atoms with Crippen molar-refractivity contribution in [2.24, 2.45) is 0 Å². The minimum atomic E-state index is -1.46. The monoisotopic (exact) mass is 338 g/mol. The summed E-state index contributed by atoms with van der Waals surface area (Å²) in [5, 5.41) is 29.3. The fourth-order valence-corrected chi connectivity index (χ4v) is 2.97. The topological polar surface area (TPSA) is 156 Å². The lowest BCUT2D eigenvalue weighted by atomic mass is 10.1. The number of aliphatic hydroxyl groups excluding tert-OH is 3. The highest BCUT2D eigenvalue weighted by molar-refractivity contribution is 5.77. The second-order valence-corrected chi connectivity index (χ2v) is 5.57. The zero-order chi connectivity index (χ0) is 17.6. The molecule has 10 nitrogen and oxygen atoms in total. The minimum Gasteiger partial charge on any atom is -0.394 e. The van der Waals surface area contributed by atoms with Crippen LogP contribution in [0.5, 0.6) is 0 Å². The number of nitrogens with two attached hydrogens (primary N) is 1. The summed E-state index contributed by atoms with van der Waals surface area (Å²) in [4.78, 5) is 27.3. The molecular formula is C14H18N4O6. The molecule has 3 rings (SSSR count). The maximum absolute atomic E-state index is 12.7. The van der Waals surface area contributed by atoms with E-state index in [1.165, 1.54) is 12.1 Å². The van der Waals surface area contributed by atoms with Gasteiger partial charge in [0.1, 0.15) is 29.6 Å². The van der Waals surface area contributed by atoms with Gasteiger partial charge in [-0.3, -0.25) is 13.9 Å². The Morgan fingerprint density at radius 1 is 1.38 bits per heavy atom. The highest BCUT2D eigenvalue weighted by Gasteiger charge is 2.44. The summed E-state index contributed by atoms with van der Waals surface area (Å²) in [6.07, 6.45) is -3.70. The predicted molar refractivity (Wildman–Crippen MR) is 84.4 cm³/mol. The summed E-state index contributed by atoms with van der Waals surface area (Å²) in [6, 6.07) is 1.37. The first-order chi connectivity index (χ1) is 11.4. The number of imidazole rings is 1. The van der Waals surface area contributed by atoms with Crippen molar-refractivity contribution < 1.29 is 20.1 Å². The maximum Gasteiger partial charge on any atom is 0.331 e. The van der Waals surface area contributed by atoms with Crippen LogP contribution >= 0.6 is 0 Å². The molecule has 1 saturated heterocycles. The van der Waals surface area contributed by atoms with E-state index in [1.54, 1.807) is 0 Å². The Morgan fingerprint density at radius 2 is 2.08 bits per heavy atom. The summed E-state index contributed by atoms with van der Waals surface area (Å²) < 4.78 is 7.61. The summed E-state index contributed by atoms with van der Waals surface area (Å²) in [5.74, 6) is 0.0312. The molecule has 1 aliphatic heterocycles. The highest BCUT2D eigenvalue weighted by Crippen LogP contribution is 2.30. The molecule has 6 N–H and O–H groups in total. The van der Waals surface area contributed by atoms with Crippen LogP contribution in [0.25, 0.3) is 11.0 Å². The van der Waals surface area contributed by atoms with Crippen LogP contribution in [-0.2, 0) is 11.3 Å². The van der Waals surface area contributed by atoms with E-state index in [4.69, 9.17) is 10.5 Å². The number of ether oxygens (including phenoxy) is 1. The van der Waals surface area contributed by atoms with Crippen molar-refractivity contribution in [1.82, 2.24) is 14.1 Å². The first-order valence-electron chi connectivity index (χ1n) is 7.27. The standard InChI is InChI=1S/C14H18N4O6/c1-2-3-17-9-6(4-8(15)16-12(9)22)18(14(17)23)13-11(21)10(20)7(5-19)24-13/h2,4,7,10-11,13,19-21H,1,3,5H2,(H3,15,16,22)/t7-,10?,11+,13-/m1/s1. The molecule has 0 saturated carbocycles. The van der Waals surface area contributed by atoms with E-state index in [9.17, 15) is 24.9 Å². The number of aliphatic hydroxyl groups is 3. The van der Waals surface area contributed by atoms with Crippen molar-refractivity contribution >= 4 is 16.9 Å². The number of H-pyrrole nitrogens is 1. The predicted octanol–water partition coefficient (Wildman–Crippen LogP) is -2.13. The van der Waals surface area contributed by atoms with Crippen LogP contribution < -0.4 is 17.0 Å². The number of fused-ring (bicyclic) bond motifs is 1. The van der Waals surface area contributed by atoms with Gasteiger partial charge < -0.3 is 30.8 Å². The van der Waals surface area contributed by atoms with E-state index in [1.807, 2.05) is 0 Å². The molecule has 130 valence electrons. The van der Waals surface area contributed by atoms with Crippen LogP contribution in [0.1, 0.15) is 6.23 Å². The van der Waals surface area contributed by atoms with Crippen molar-refractivity contribution in [3.8, 4) is 0 Å². The van der Waals surface area contributed by atoms with E-state index in [0.717, 1.165) is 9.13 Å². The van der Waals surface area contributed by atoms with E-state index < -0.39 is 42.4 Å².